The van der Waals surface area contributed by atoms with Gasteiger partial charge in [-0.3, -0.25) is 9.59 Å². The summed E-state index contributed by atoms with van der Waals surface area (Å²) in [5.74, 6) is -0.121. The van der Waals surface area contributed by atoms with E-state index in [1.807, 2.05) is 44.2 Å². The number of nitrogens with one attached hydrogen (secondary N) is 1. The molecule has 2 aromatic carbocycles. The molecule has 0 aromatic heterocycles. The van der Waals surface area contributed by atoms with Crippen molar-refractivity contribution in [1.82, 2.24) is 10.2 Å². The zero-order valence-electron chi connectivity index (χ0n) is 14.3. The van der Waals surface area contributed by atoms with Crippen LogP contribution in [0.1, 0.15) is 40.1 Å². The number of carbonyl (C=O) groups excluding carboxylic acids is 2. The van der Waals surface area contributed by atoms with Crippen LogP contribution in [0.25, 0.3) is 0 Å². The van der Waals surface area contributed by atoms with Crippen LogP contribution in [0.4, 0.5) is 0 Å². The number of amides is 2. The second-order valence-electron chi connectivity index (χ2n) is 5.55. The summed E-state index contributed by atoms with van der Waals surface area (Å²) < 4.78 is 0. The largest absolute Gasteiger partial charge is 0.352 e. The van der Waals surface area contributed by atoms with Gasteiger partial charge in [-0.05, 0) is 50.1 Å². The summed E-state index contributed by atoms with van der Waals surface area (Å²) in [4.78, 5) is 26.2. The number of benzene rings is 2. The smallest absolute Gasteiger partial charge is 0.253 e. The minimum Gasteiger partial charge on any atom is -0.352 e. The van der Waals surface area contributed by atoms with Crippen molar-refractivity contribution in [2.45, 2.75) is 20.3 Å². The molecule has 24 heavy (non-hydrogen) atoms. The molecular weight excluding hydrogens is 300 g/mol. The standard InChI is InChI=1S/C20H24N2O2/c1-3-22(4-2)20(24)18-12-10-17(11-13-18)19(23)21-15-14-16-8-6-5-7-9-16/h5-13H,3-4,14-15H2,1-2H3,(H,21,23). The van der Waals surface area contributed by atoms with Gasteiger partial charge in [-0.15, -0.1) is 0 Å². The van der Waals surface area contributed by atoms with Gasteiger partial charge < -0.3 is 10.2 Å². The molecule has 126 valence electrons. The Kier molecular flexibility index (Phi) is 6.55. The quantitative estimate of drug-likeness (QED) is 0.850. The van der Waals surface area contributed by atoms with Crippen molar-refractivity contribution in [1.29, 1.82) is 0 Å². The molecule has 0 fully saturated rings. The Morgan fingerprint density at radius 2 is 1.46 bits per heavy atom. The van der Waals surface area contributed by atoms with E-state index in [0.29, 0.717) is 30.8 Å². The van der Waals surface area contributed by atoms with Crippen molar-refractivity contribution in [3.8, 4) is 0 Å². The molecular formula is C20H24N2O2. The number of rotatable bonds is 7. The highest BCUT2D eigenvalue weighted by Crippen LogP contribution is 2.08. The van der Waals surface area contributed by atoms with Crippen molar-refractivity contribution < 1.29 is 9.59 Å². The van der Waals surface area contributed by atoms with Gasteiger partial charge in [-0.2, -0.15) is 0 Å². The van der Waals surface area contributed by atoms with E-state index in [0.717, 1.165) is 6.42 Å². The molecule has 0 aliphatic rings. The van der Waals surface area contributed by atoms with E-state index >= 15 is 0 Å². The van der Waals surface area contributed by atoms with Gasteiger partial charge in [-0.25, -0.2) is 0 Å². The summed E-state index contributed by atoms with van der Waals surface area (Å²) in [6, 6.07) is 16.9. The SMILES string of the molecule is CCN(CC)C(=O)c1ccc(C(=O)NCCc2ccccc2)cc1. The third-order valence-corrected chi connectivity index (χ3v) is 3.99. The van der Waals surface area contributed by atoms with Crippen LogP contribution in [0.3, 0.4) is 0 Å². The molecule has 4 nitrogen and oxygen atoms in total. The van der Waals surface area contributed by atoms with E-state index in [9.17, 15) is 9.59 Å². The van der Waals surface area contributed by atoms with E-state index in [4.69, 9.17) is 0 Å². The van der Waals surface area contributed by atoms with Gasteiger partial charge in [0, 0.05) is 30.8 Å². The van der Waals surface area contributed by atoms with Gasteiger partial charge in [0.05, 0.1) is 0 Å². The third-order valence-electron chi connectivity index (χ3n) is 3.99. The lowest BCUT2D eigenvalue weighted by Crippen LogP contribution is -2.30. The van der Waals surface area contributed by atoms with Crippen molar-refractivity contribution in [3.63, 3.8) is 0 Å². The Morgan fingerprint density at radius 1 is 0.875 bits per heavy atom. The highest BCUT2D eigenvalue weighted by molar-refractivity contribution is 5.97. The Morgan fingerprint density at radius 3 is 2.04 bits per heavy atom. The van der Waals surface area contributed by atoms with Crippen LogP contribution in [0, 0.1) is 0 Å². The maximum absolute atomic E-state index is 12.2. The highest BCUT2D eigenvalue weighted by atomic mass is 16.2. The fraction of sp³-hybridized carbons (Fsp3) is 0.300. The number of hydrogen-bond acceptors (Lipinski definition) is 2. The monoisotopic (exact) mass is 324 g/mol. The molecule has 1 N–H and O–H groups in total. The van der Waals surface area contributed by atoms with Crippen LogP contribution < -0.4 is 5.32 Å². The summed E-state index contributed by atoms with van der Waals surface area (Å²) in [5.41, 5.74) is 2.37. The van der Waals surface area contributed by atoms with Crippen LogP contribution in [-0.2, 0) is 6.42 Å². The zero-order valence-corrected chi connectivity index (χ0v) is 14.3. The maximum atomic E-state index is 12.2. The van der Waals surface area contributed by atoms with Crippen LogP contribution >= 0.6 is 0 Å². The first kappa shape index (κ1) is 17.7. The minimum absolute atomic E-state index is 0.00367. The number of carbonyl (C=O) groups is 2. The van der Waals surface area contributed by atoms with E-state index in [2.05, 4.69) is 5.32 Å². The molecule has 0 atom stereocenters. The average molecular weight is 324 g/mol. The van der Waals surface area contributed by atoms with Crippen LogP contribution in [0.5, 0.6) is 0 Å². The summed E-state index contributed by atoms with van der Waals surface area (Å²) in [5, 5.41) is 2.91. The topological polar surface area (TPSA) is 49.4 Å². The van der Waals surface area contributed by atoms with Gasteiger partial charge in [0.15, 0.2) is 0 Å². The van der Waals surface area contributed by atoms with Crippen molar-refractivity contribution >= 4 is 11.8 Å². The van der Waals surface area contributed by atoms with E-state index in [1.54, 1.807) is 29.2 Å². The molecule has 2 aromatic rings. The van der Waals surface area contributed by atoms with Gasteiger partial charge in [0.2, 0.25) is 0 Å². The summed E-state index contributed by atoms with van der Waals surface area (Å²) in [7, 11) is 0. The predicted octanol–water partition coefficient (Wildman–Crippen LogP) is 3.14. The first-order chi connectivity index (χ1) is 11.7. The van der Waals surface area contributed by atoms with Crippen LogP contribution in [-0.4, -0.2) is 36.3 Å². The van der Waals surface area contributed by atoms with Gasteiger partial charge >= 0.3 is 0 Å². The van der Waals surface area contributed by atoms with E-state index in [-0.39, 0.29) is 11.8 Å². The van der Waals surface area contributed by atoms with Crippen LogP contribution in [0.2, 0.25) is 0 Å². The van der Waals surface area contributed by atoms with Crippen molar-refractivity contribution in [2.24, 2.45) is 0 Å². The first-order valence-corrected chi connectivity index (χ1v) is 8.37. The predicted molar refractivity (Wildman–Crippen MR) is 96.2 cm³/mol. The highest BCUT2D eigenvalue weighted by Gasteiger charge is 2.13. The Balaban J connectivity index is 1.90. The second-order valence-corrected chi connectivity index (χ2v) is 5.55. The molecule has 0 spiro atoms. The fourth-order valence-electron chi connectivity index (χ4n) is 2.52. The lowest BCUT2D eigenvalue weighted by molar-refractivity contribution is 0.0772. The molecule has 0 saturated heterocycles. The van der Waals surface area contributed by atoms with Crippen molar-refractivity contribution in [2.75, 3.05) is 19.6 Å². The molecule has 4 heteroatoms. The van der Waals surface area contributed by atoms with Gasteiger partial charge in [0.25, 0.3) is 11.8 Å². The molecule has 0 unspecified atom stereocenters. The first-order valence-electron chi connectivity index (χ1n) is 8.37. The number of nitrogens with zero attached hydrogens (tertiary/aromatic N) is 1. The zero-order chi connectivity index (χ0) is 17.4. The molecule has 2 amide bonds. The third kappa shape index (κ3) is 4.69. The second kappa shape index (κ2) is 8.87. The molecule has 0 aliphatic heterocycles. The Bertz CT molecular complexity index is 662. The minimum atomic E-state index is -0.118. The van der Waals surface area contributed by atoms with E-state index < -0.39 is 0 Å². The summed E-state index contributed by atoms with van der Waals surface area (Å²) in [6.07, 6.45) is 0.797. The molecule has 0 saturated carbocycles. The van der Waals surface area contributed by atoms with E-state index in [1.165, 1.54) is 5.56 Å². The lowest BCUT2D eigenvalue weighted by Gasteiger charge is -2.18. The molecule has 0 heterocycles. The summed E-state index contributed by atoms with van der Waals surface area (Å²) >= 11 is 0. The van der Waals surface area contributed by atoms with Crippen LogP contribution in [0.15, 0.2) is 54.6 Å². The fourth-order valence-corrected chi connectivity index (χ4v) is 2.52. The summed E-state index contributed by atoms with van der Waals surface area (Å²) in [6.45, 7) is 5.85. The van der Waals surface area contributed by atoms with Crippen molar-refractivity contribution in [3.05, 3.63) is 71.3 Å². The average Bonchev–Trinajstić information content (AvgIpc) is 2.63. The molecule has 0 bridgehead atoms. The molecule has 0 aliphatic carbocycles. The lowest BCUT2D eigenvalue weighted by atomic mass is 10.1. The molecule has 2 rings (SSSR count). The Hall–Kier alpha value is -2.62. The van der Waals surface area contributed by atoms with Gasteiger partial charge in [0.1, 0.15) is 0 Å². The molecule has 0 radical (unpaired) electrons. The van der Waals surface area contributed by atoms with Gasteiger partial charge in [-0.1, -0.05) is 30.3 Å². The Labute approximate surface area is 143 Å². The number of hydrogen-bond donors (Lipinski definition) is 1. The maximum Gasteiger partial charge on any atom is 0.253 e. The normalized spacial score (nSPS) is 10.2.